The smallest absolute Gasteiger partial charge is 0.151 e. The second-order valence-electron chi connectivity index (χ2n) is 8.72. The van der Waals surface area contributed by atoms with Gasteiger partial charge in [-0.1, -0.05) is 0 Å². The molecule has 0 aliphatic carbocycles. The van der Waals surface area contributed by atoms with E-state index < -0.39 is 0 Å². The third kappa shape index (κ3) is 3.68. The highest BCUT2D eigenvalue weighted by Crippen LogP contribution is 2.34. The molecule has 1 atom stereocenters. The van der Waals surface area contributed by atoms with Gasteiger partial charge in [0.2, 0.25) is 0 Å². The number of hydrogen-bond acceptors (Lipinski definition) is 7. The van der Waals surface area contributed by atoms with Crippen LogP contribution in [-0.2, 0) is 0 Å². The fraction of sp³-hybridized carbons (Fsp3) is 0.364. The fourth-order valence-electron chi connectivity index (χ4n) is 4.07. The van der Waals surface area contributed by atoms with Gasteiger partial charge in [-0.15, -0.1) is 21.5 Å². The van der Waals surface area contributed by atoms with Gasteiger partial charge >= 0.3 is 0 Å². The minimum atomic E-state index is 0.124. The number of nitrogens with zero attached hydrogens (tertiary/aromatic N) is 6. The Labute approximate surface area is 179 Å². The Balaban J connectivity index is 1.40. The van der Waals surface area contributed by atoms with Crippen LogP contribution in [0.3, 0.4) is 0 Å². The molecule has 1 N–H and O–H groups in total. The van der Waals surface area contributed by atoms with Crippen LogP contribution in [0.1, 0.15) is 27.2 Å². The first kappa shape index (κ1) is 19.1. The Kier molecular flexibility index (Phi) is 4.75. The highest BCUT2D eigenvalue weighted by atomic mass is 32.1. The molecular weight excluding hydrogens is 394 g/mol. The summed E-state index contributed by atoms with van der Waals surface area (Å²) in [7, 11) is 0. The second kappa shape index (κ2) is 7.45. The first-order chi connectivity index (χ1) is 14.5. The molecule has 0 saturated carbocycles. The van der Waals surface area contributed by atoms with Crippen molar-refractivity contribution in [1.29, 1.82) is 0 Å². The number of thiazole rings is 1. The van der Waals surface area contributed by atoms with Crippen LogP contribution in [0.15, 0.2) is 48.2 Å². The monoisotopic (exact) mass is 419 g/mol. The summed E-state index contributed by atoms with van der Waals surface area (Å²) in [5, 5.41) is 17.1. The van der Waals surface area contributed by atoms with Crippen LogP contribution in [0.2, 0.25) is 0 Å². The van der Waals surface area contributed by atoms with E-state index in [4.69, 9.17) is 0 Å². The van der Waals surface area contributed by atoms with E-state index in [0.29, 0.717) is 6.04 Å². The van der Waals surface area contributed by atoms with E-state index in [1.54, 1.807) is 17.5 Å². The molecule has 4 heterocycles. The number of fused-ring (bicyclic) bond motifs is 1. The number of anilines is 1. The van der Waals surface area contributed by atoms with Gasteiger partial charge in [0.1, 0.15) is 5.52 Å². The SMILES string of the molecule is CC(C)(C)NC1CCN(c2ccc(-c3ccc(-n4cccn4)c4ncsc34)nn2)C1. The van der Waals surface area contributed by atoms with Crippen LogP contribution in [-0.4, -0.2) is 49.6 Å². The molecule has 5 rings (SSSR count). The number of nitrogens with one attached hydrogen (secondary N) is 1. The molecule has 1 unspecified atom stereocenters. The zero-order valence-electron chi connectivity index (χ0n) is 17.4. The van der Waals surface area contributed by atoms with Crippen molar-refractivity contribution >= 4 is 27.4 Å². The van der Waals surface area contributed by atoms with E-state index in [-0.39, 0.29) is 5.54 Å². The van der Waals surface area contributed by atoms with Gasteiger partial charge in [-0.3, -0.25) is 0 Å². The van der Waals surface area contributed by atoms with Gasteiger partial charge in [-0.2, -0.15) is 5.10 Å². The number of hydrogen-bond donors (Lipinski definition) is 1. The molecule has 0 radical (unpaired) electrons. The van der Waals surface area contributed by atoms with Crippen LogP contribution >= 0.6 is 11.3 Å². The van der Waals surface area contributed by atoms with Gasteiger partial charge in [0.05, 0.1) is 21.6 Å². The Morgan fingerprint density at radius 1 is 1.13 bits per heavy atom. The molecule has 1 aliphatic rings. The maximum atomic E-state index is 4.57. The molecule has 0 amide bonds. The zero-order valence-corrected chi connectivity index (χ0v) is 18.2. The average molecular weight is 420 g/mol. The maximum absolute atomic E-state index is 4.57. The van der Waals surface area contributed by atoms with Crippen LogP contribution < -0.4 is 10.2 Å². The fourth-order valence-corrected chi connectivity index (χ4v) is 4.90. The summed E-state index contributed by atoms with van der Waals surface area (Å²) in [6.07, 6.45) is 4.83. The molecule has 30 heavy (non-hydrogen) atoms. The summed E-state index contributed by atoms with van der Waals surface area (Å²) in [6, 6.07) is 10.7. The standard InChI is InChI=1S/C22H25N7S/c1-22(2,3)25-15-9-12-28(13-15)19-8-6-17(26-27-19)16-5-7-18(29-11-4-10-24-29)20-21(16)30-14-23-20/h4-8,10-11,14-15,25H,9,12-13H2,1-3H3. The molecule has 1 fully saturated rings. The largest absolute Gasteiger partial charge is 0.354 e. The highest BCUT2D eigenvalue weighted by Gasteiger charge is 2.26. The van der Waals surface area contributed by atoms with Crippen molar-refractivity contribution < 1.29 is 0 Å². The first-order valence-electron chi connectivity index (χ1n) is 10.2. The van der Waals surface area contributed by atoms with E-state index in [9.17, 15) is 0 Å². The van der Waals surface area contributed by atoms with Crippen LogP contribution in [0.25, 0.3) is 27.2 Å². The summed E-state index contributed by atoms with van der Waals surface area (Å²) in [6.45, 7) is 8.59. The van der Waals surface area contributed by atoms with Gasteiger partial charge in [0, 0.05) is 42.6 Å². The number of aromatic nitrogens is 5. The summed E-state index contributed by atoms with van der Waals surface area (Å²) < 4.78 is 2.94. The van der Waals surface area contributed by atoms with Gasteiger partial charge in [0.15, 0.2) is 5.82 Å². The predicted molar refractivity (Wildman–Crippen MR) is 121 cm³/mol. The molecular formula is C22H25N7S. The van der Waals surface area contributed by atoms with Gasteiger partial charge < -0.3 is 10.2 Å². The Hall–Kier alpha value is -2.84. The first-order valence-corrected chi connectivity index (χ1v) is 11.1. The normalized spacial score (nSPS) is 17.2. The zero-order chi connectivity index (χ0) is 20.7. The minimum absolute atomic E-state index is 0.124. The molecule has 0 bridgehead atoms. The van der Waals surface area contributed by atoms with Gasteiger partial charge in [-0.25, -0.2) is 9.67 Å². The molecule has 4 aromatic rings. The van der Waals surface area contributed by atoms with Crippen molar-refractivity contribution in [1.82, 2.24) is 30.3 Å². The highest BCUT2D eigenvalue weighted by molar-refractivity contribution is 7.17. The van der Waals surface area contributed by atoms with Gasteiger partial charge in [-0.05, 0) is 57.5 Å². The van der Waals surface area contributed by atoms with Crippen LogP contribution in [0, 0.1) is 0 Å². The van der Waals surface area contributed by atoms with Gasteiger partial charge in [0.25, 0.3) is 0 Å². The lowest BCUT2D eigenvalue weighted by molar-refractivity contribution is 0.373. The van der Waals surface area contributed by atoms with Crippen molar-refractivity contribution in [3.8, 4) is 16.9 Å². The Bertz CT molecular complexity index is 1140. The minimum Gasteiger partial charge on any atom is -0.354 e. The molecule has 1 saturated heterocycles. The van der Waals surface area contributed by atoms with Crippen LogP contribution in [0.4, 0.5) is 5.82 Å². The van der Waals surface area contributed by atoms with E-state index in [0.717, 1.165) is 52.5 Å². The quantitative estimate of drug-likeness (QED) is 0.541. The van der Waals surface area contributed by atoms with Crippen LogP contribution in [0.5, 0.6) is 0 Å². The molecule has 154 valence electrons. The summed E-state index contributed by atoms with van der Waals surface area (Å²) >= 11 is 1.62. The molecule has 8 heteroatoms. The average Bonchev–Trinajstić information content (AvgIpc) is 3.47. The lowest BCUT2D eigenvalue weighted by atomic mass is 10.1. The summed E-state index contributed by atoms with van der Waals surface area (Å²) in [4.78, 5) is 6.88. The molecule has 1 aliphatic heterocycles. The topological polar surface area (TPSA) is 71.8 Å². The molecule has 0 spiro atoms. The van der Waals surface area contributed by atoms with E-state index in [1.807, 2.05) is 28.5 Å². The Morgan fingerprint density at radius 2 is 2.03 bits per heavy atom. The molecule has 1 aromatic carbocycles. The van der Waals surface area contributed by atoms with E-state index in [1.165, 1.54) is 0 Å². The Morgan fingerprint density at radius 3 is 2.77 bits per heavy atom. The second-order valence-corrected chi connectivity index (χ2v) is 9.57. The number of rotatable bonds is 4. The molecule has 3 aromatic heterocycles. The third-order valence-corrected chi connectivity index (χ3v) is 6.15. The lowest BCUT2D eigenvalue weighted by Crippen LogP contribution is -2.45. The van der Waals surface area contributed by atoms with Crippen molar-refractivity contribution in [3.05, 3.63) is 48.2 Å². The van der Waals surface area contributed by atoms with Crippen molar-refractivity contribution in [2.45, 2.75) is 38.8 Å². The number of benzene rings is 1. The van der Waals surface area contributed by atoms with E-state index in [2.05, 4.69) is 69.5 Å². The predicted octanol–water partition coefficient (Wildman–Crippen LogP) is 3.91. The lowest BCUT2D eigenvalue weighted by Gasteiger charge is -2.26. The van der Waals surface area contributed by atoms with Crippen molar-refractivity contribution in [3.63, 3.8) is 0 Å². The third-order valence-electron chi connectivity index (χ3n) is 5.29. The summed E-state index contributed by atoms with van der Waals surface area (Å²) in [5.41, 5.74) is 5.82. The van der Waals surface area contributed by atoms with Crippen molar-refractivity contribution in [2.24, 2.45) is 0 Å². The maximum Gasteiger partial charge on any atom is 0.151 e. The summed E-state index contributed by atoms with van der Waals surface area (Å²) in [5.74, 6) is 0.936. The molecule has 7 nitrogen and oxygen atoms in total. The van der Waals surface area contributed by atoms with E-state index >= 15 is 0 Å². The van der Waals surface area contributed by atoms with Crippen molar-refractivity contribution in [2.75, 3.05) is 18.0 Å².